The molecule has 0 saturated heterocycles. The summed E-state index contributed by atoms with van der Waals surface area (Å²) in [5.41, 5.74) is 20.6. The summed E-state index contributed by atoms with van der Waals surface area (Å²) in [6, 6.07) is 30.5. The van der Waals surface area contributed by atoms with E-state index in [0.717, 1.165) is 187 Å². The fraction of sp³-hybridized carbons (Fsp3) is 0.317. The monoisotopic (exact) mass is 1540 g/mol. The van der Waals surface area contributed by atoms with Crippen LogP contribution in [0, 0.1) is 17.8 Å². The number of aromatic nitrogens is 12. The molecule has 4 aromatic carbocycles. The number of H-pyrrole nitrogens is 4. The maximum atomic E-state index is 11.9. The van der Waals surface area contributed by atoms with Gasteiger partial charge >= 0.3 is 24.1 Å². The molecule has 32 heteroatoms. The number of nitrogens with zero attached hydrogens (tertiary/aromatic N) is 12. The van der Waals surface area contributed by atoms with Gasteiger partial charge in [-0.15, -0.1) is 0 Å². The number of fused-ring (bicyclic) bond motifs is 4. The summed E-state index contributed by atoms with van der Waals surface area (Å²) in [6.45, 7) is 14.1. The van der Waals surface area contributed by atoms with Gasteiger partial charge in [0.25, 0.3) is 0 Å². The average molecular weight is 1540 g/mol. The highest BCUT2D eigenvalue weighted by Crippen LogP contribution is 2.40. The van der Waals surface area contributed by atoms with E-state index < -0.39 is 0 Å². The Kier molecular flexibility index (Phi) is 27.2. The molecule has 3 aliphatic rings. The Balaban J connectivity index is 0.000000141. The number of benzene rings is 4. The van der Waals surface area contributed by atoms with Gasteiger partial charge in [0, 0.05) is 138 Å². The third kappa shape index (κ3) is 20.3. The minimum atomic E-state index is -0.326. The van der Waals surface area contributed by atoms with Crippen molar-refractivity contribution in [2.45, 2.75) is 106 Å². The number of hydrogen-bond donors (Lipinski definition) is 13. The van der Waals surface area contributed by atoms with Gasteiger partial charge in [-0.3, -0.25) is 41.2 Å². The lowest BCUT2D eigenvalue weighted by molar-refractivity contribution is 0.158. The van der Waals surface area contributed by atoms with Gasteiger partial charge in [0.15, 0.2) is 0 Å². The third-order valence-electron chi connectivity index (χ3n) is 18.7. The predicted molar refractivity (Wildman–Crippen MR) is 444 cm³/mol. The molecule has 0 radical (unpaired) electrons. The van der Waals surface area contributed by atoms with Crippen LogP contribution < -0.4 is 42.5 Å². The number of imidazole rings is 4. The van der Waals surface area contributed by atoms with Crippen molar-refractivity contribution in [2.75, 3.05) is 68.3 Å². The third-order valence-corrected chi connectivity index (χ3v) is 18.7. The molecule has 8 aromatic heterocycles. The summed E-state index contributed by atoms with van der Waals surface area (Å²) < 4.78 is 0. The highest BCUT2D eigenvalue weighted by atomic mass is 16.6. The van der Waals surface area contributed by atoms with Crippen molar-refractivity contribution in [3.8, 4) is 44.5 Å². The van der Waals surface area contributed by atoms with Gasteiger partial charge < -0.3 is 60.9 Å². The molecular weight excluding hydrogens is 1450 g/mol. The van der Waals surface area contributed by atoms with E-state index in [9.17, 15) is 24.4 Å². The Morgan fingerprint density at radius 3 is 1.02 bits per heavy atom. The minimum Gasteiger partial charge on any atom is -0.411 e. The zero-order chi connectivity index (χ0) is 79.9. The molecule has 114 heavy (non-hydrogen) atoms. The summed E-state index contributed by atoms with van der Waals surface area (Å²) >= 11 is 0. The van der Waals surface area contributed by atoms with E-state index in [1.807, 2.05) is 138 Å². The second-order valence-corrected chi connectivity index (χ2v) is 27.0. The molecule has 0 spiro atoms. The first-order chi connectivity index (χ1) is 55.7. The van der Waals surface area contributed by atoms with E-state index in [0.29, 0.717) is 79.6 Å². The van der Waals surface area contributed by atoms with Crippen LogP contribution in [0.3, 0.4) is 0 Å². The van der Waals surface area contributed by atoms with Crippen LogP contribution in [0.2, 0.25) is 0 Å². The van der Waals surface area contributed by atoms with Gasteiger partial charge in [-0.1, -0.05) is 71.1 Å². The van der Waals surface area contributed by atoms with Crippen LogP contribution in [-0.4, -0.2) is 159 Å². The predicted octanol–water partition coefficient (Wildman–Crippen LogP) is 15.5. The van der Waals surface area contributed by atoms with Crippen molar-refractivity contribution >= 4 is 115 Å². The average Bonchev–Trinajstić information content (AvgIpc) is 1.62. The number of carbonyl (C=O) groups excluding carboxylic acids is 4. The number of hydrogen-bond acceptors (Lipinski definition) is 20. The van der Waals surface area contributed by atoms with E-state index >= 15 is 0 Å². The van der Waals surface area contributed by atoms with E-state index in [1.54, 1.807) is 38.1 Å². The topological polar surface area (TPSA) is 428 Å². The van der Waals surface area contributed by atoms with E-state index in [1.165, 1.54) is 7.11 Å². The Hall–Kier alpha value is -13.7. The van der Waals surface area contributed by atoms with Gasteiger partial charge in [-0.2, -0.15) is 0 Å². The maximum absolute atomic E-state index is 11.9. The summed E-state index contributed by atoms with van der Waals surface area (Å²) in [5.74, 6) is 2.43. The van der Waals surface area contributed by atoms with Crippen LogP contribution in [0.4, 0.5) is 43.0 Å². The number of urea groups is 4. The van der Waals surface area contributed by atoms with E-state index in [2.05, 4.69) is 142 Å². The number of oxime groups is 4. The van der Waals surface area contributed by atoms with E-state index in [-0.39, 0.29) is 30.0 Å². The van der Waals surface area contributed by atoms with Crippen LogP contribution in [0.25, 0.3) is 88.6 Å². The van der Waals surface area contributed by atoms with Gasteiger partial charge in [-0.05, 0) is 175 Å². The smallest absolute Gasteiger partial charge is 0.321 e. The number of rotatable bonds is 25. The van der Waals surface area contributed by atoms with E-state index in [4.69, 9.17) is 14.5 Å². The number of anilines is 4. The highest BCUT2D eigenvalue weighted by molar-refractivity contribution is 6.15. The lowest BCUT2D eigenvalue weighted by Gasteiger charge is -2.13. The minimum absolute atomic E-state index is 0.198. The van der Waals surface area contributed by atoms with Crippen molar-refractivity contribution in [3.05, 3.63) is 169 Å². The molecule has 32 nitrogen and oxygen atoms in total. The zero-order valence-corrected chi connectivity index (χ0v) is 64.9. The van der Waals surface area contributed by atoms with Crippen LogP contribution in [-0.2, 0) is 14.5 Å². The molecule has 15 rings (SSSR count). The van der Waals surface area contributed by atoms with Crippen LogP contribution in [0.15, 0.2) is 167 Å². The summed E-state index contributed by atoms with van der Waals surface area (Å²) in [7, 11) is 3.08. The van der Waals surface area contributed by atoms with Gasteiger partial charge in [-0.25, -0.2) is 39.1 Å². The molecule has 590 valence electrons. The number of nitrogens with one attached hydrogen (secondary N) is 12. The molecule has 3 saturated carbocycles. The molecule has 8 amide bonds. The van der Waals surface area contributed by atoms with Crippen molar-refractivity contribution < 1.29 is 38.9 Å². The van der Waals surface area contributed by atoms with Crippen LogP contribution >= 0.6 is 0 Å². The molecule has 13 N–H and O–H groups in total. The molecule has 0 aliphatic heterocycles. The number of pyridine rings is 4. The van der Waals surface area contributed by atoms with Gasteiger partial charge in [0.05, 0.1) is 67.0 Å². The van der Waals surface area contributed by atoms with Crippen LogP contribution in [0.5, 0.6) is 0 Å². The molecule has 3 fully saturated rings. The maximum Gasteiger partial charge on any atom is 0.321 e. The van der Waals surface area contributed by atoms with Crippen molar-refractivity contribution in [1.29, 1.82) is 0 Å². The van der Waals surface area contributed by atoms with Crippen molar-refractivity contribution in [3.63, 3.8) is 0 Å². The summed E-state index contributed by atoms with van der Waals surface area (Å²) in [6.07, 6.45) is 24.4. The molecule has 8 heterocycles. The second kappa shape index (κ2) is 38.8. The first kappa shape index (κ1) is 79.9. The standard InChI is InChI=1S/2C21H24N6O2.C20H22N6O2.C20H24N6O2/c1-3-23-21(28)26-20-24-17-11-15(14-6-5-9-22-12-14)10-16(19(17)25-20)18(13-7-8-13)27-29-4-2;1-2-23-21(28)26-20-24-17-11-15(14-8-5-9-22-12-14)10-16(19(17)25-20)18(27-29)13-6-3-4-7-13;1-3-22-20(27)25-19-23-16-10-14(13-5-4-8-21-11-13)9-15(18(16)24-19)17(26-28-2)12-6-7-12;1-4-7-16(26-28-3)15-10-14(13-8-6-9-21-12-13)11-17-18(15)24-19(23-17)25-20(27)22-5-2/h5-6,9-13H,3-4,7-8H2,1-2H3,(H3,23,24,25,26,28);5,8-13,29H,2-4,6-7H2,1H3,(H3,23,24,25,26,28);4-5,8-12H,3,6-7H2,1-2H3,(H3,22,23,24,25,27);6,8-12H,4-5,7H2,1-3H3,(H3,22,23,24,25,27)/b27-18+;27-18-;26-17+;26-16+. The number of aromatic amines is 4. The fourth-order valence-corrected chi connectivity index (χ4v) is 13.3. The SMILES string of the molecule is CCC/C(=N\OC)c1cc(-c2cccnc2)cc2[nH]c(NC(=O)NCC)nc12.CCNC(=O)Nc1nc2c(/C(=N/OC)C3CC3)cc(-c3cccnc3)cc2[nH]1.CCNC(=O)Nc1nc2c(/C(=N/OCC)C3CC3)cc(-c3cccnc3)cc2[nH]1.CCNC(=O)Nc1nc2c(/C(=N\O)C3CCCC3)cc(-c3cccnc3)cc2[nH]1. The summed E-state index contributed by atoms with van der Waals surface area (Å²) in [5, 5.41) is 48.1. The van der Waals surface area contributed by atoms with Gasteiger partial charge in [0.2, 0.25) is 23.8 Å². The molecule has 0 atom stereocenters. The van der Waals surface area contributed by atoms with Crippen molar-refractivity contribution in [2.24, 2.45) is 38.4 Å². The Morgan fingerprint density at radius 1 is 0.412 bits per heavy atom. The summed E-state index contributed by atoms with van der Waals surface area (Å²) in [4.78, 5) is 111. The first-order valence-electron chi connectivity index (χ1n) is 38.3. The molecule has 0 bridgehead atoms. The van der Waals surface area contributed by atoms with Crippen molar-refractivity contribution in [1.82, 2.24) is 81.1 Å². The normalized spacial score (nSPS) is 13.7. The van der Waals surface area contributed by atoms with Crippen LogP contribution in [0.1, 0.15) is 128 Å². The lowest BCUT2D eigenvalue weighted by Crippen LogP contribution is -2.28. The Bertz CT molecular complexity index is 5420. The highest BCUT2D eigenvalue weighted by Gasteiger charge is 2.34. The fourth-order valence-electron chi connectivity index (χ4n) is 13.3. The number of carbonyl (C=O) groups is 4. The first-order valence-corrected chi connectivity index (χ1v) is 38.3. The quantitative estimate of drug-likeness (QED) is 0.0144. The second-order valence-electron chi connectivity index (χ2n) is 27.0. The molecule has 0 unspecified atom stereocenters. The lowest BCUT2D eigenvalue weighted by atomic mass is 9.92. The Morgan fingerprint density at radius 2 is 0.728 bits per heavy atom. The number of amides is 8. The zero-order valence-electron chi connectivity index (χ0n) is 64.9. The molecule has 12 aromatic rings. The molecule has 3 aliphatic carbocycles. The Labute approximate surface area is 657 Å². The van der Waals surface area contributed by atoms with Gasteiger partial charge in [0.1, 0.15) is 20.8 Å². The largest absolute Gasteiger partial charge is 0.411 e. The molecular formula is C82H94N24O8.